The number of carbonyl (C=O) groups is 2. The Bertz CT molecular complexity index is 1060. The van der Waals surface area contributed by atoms with Crippen LogP contribution in [0.5, 0.6) is 17.2 Å². The van der Waals surface area contributed by atoms with Gasteiger partial charge in [0.1, 0.15) is 22.8 Å². The van der Waals surface area contributed by atoms with Crippen LogP contribution >= 0.6 is 0 Å². The lowest BCUT2D eigenvalue weighted by Crippen LogP contribution is -2.52. The van der Waals surface area contributed by atoms with Crippen molar-refractivity contribution in [2.45, 2.75) is 60.0 Å². The van der Waals surface area contributed by atoms with Gasteiger partial charge < -0.3 is 29.7 Å². The molecule has 2 aromatic carbocycles. The molecule has 3 rings (SSSR count). The second-order valence-electron chi connectivity index (χ2n) is 10.3. The number of aromatic hydroxyl groups is 1. The Labute approximate surface area is 207 Å². The molecule has 0 aromatic heterocycles. The number of amides is 3. The van der Waals surface area contributed by atoms with Gasteiger partial charge in [0.05, 0.1) is 0 Å². The number of nitrogens with one attached hydrogen (secondary N) is 1. The molecule has 0 spiro atoms. The number of hydrogen-bond acceptors (Lipinski definition) is 5. The van der Waals surface area contributed by atoms with Crippen LogP contribution in [0.3, 0.4) is 0 Å². The number of urea groups is 1. The van der Waals surface area contributed by atoms with Crippen molar-refractivity contribution in [2.24, 2.45) is 0 Å². The molecule has 1 heterocycles. The van der Waals surface area contributed by atoms with Gasteiger partial charge >= 0.3 is 12.1 Å². The Morgan fingerprint density at radius 3 is 2.09 bits per heavy atom. The summed E-state index contributed by atoms with van der Waals surface area (Å²) in [7, 11) is 0. The molecule has 0 radical (unpaired) electrons. The average Bonchev–Trinajstić information content (AvgIpc) is 2.76. The third-order valence-corrected chi connectivity index (χ3v) is 5.77. The summed E-state index contributed by atoms with van der Waals surface area (Å²) in [6, 6.07) is 8.79. The van der Waals surface area contributed by atoms with Gasteiger partial charge in [-0.3, -0.25) is 0 Å². The van der Waals surface area contributed by atoms with Crippen molar-refractivity contribution in [3.8, 4) is 17.2 Å². The molecule has 1 saturated heterocycles. The Morgan fingerprint density at radius 2 is 1.54 bits per heavy atom. The zero-order valence-corrected chi connectivity index (χ0v) is 21.8. The largest absolute Gasteiger partial charge is 0.508 e. The standard InChI is InChI=1S/C27H37N3O5/c1-17(2)22-16-21(8-9-23(22)31)34-24-18(3)14-20(15-19(24)4)28-25(32)29-10-12-30(13-11-29)26(33)35-27(5,6)7/h8-9,14-17,31H,10-13H2,1-7H3,(H,28,32). The summed E-state index contributed by atoms with van der Waals surface area (Å²) in [5.74, 6) is 1.79. The Kier molecular flexibility index (Phi) is 7.83. The molecule has 35 heavy (non-hydrogen) atoms. The SMILES string of the molecule is Cc1cc(NC(=O)N2CCN(C(=O)OC(C)(C)C)CC2)cc(C)c1Oc1ccc(O)c(C(C)C)c1. The van der Waals surface area contributed by atoms with Crippen molar-refractivity contribution in [1.29, 1.82) is 0 Å². The topological polar surface area (TPSA) is 91.3 Å². The number of nitrogens with zero attached hydrogens (tertiary/aromatic N) is 2. The van der Waals surface area contributed by atoms with E-state index in [1.807, 2.05) is 66.7 Å². The van der Waals surface area contributed by atoms with Crippen LogP contribution in [-0.4, -0.2) is 58.8 Å². The fourth-order valence-corrected chi connectivity index (χ4v) is 3.98. The van der Waals surface area contributed by atoms with Gasteiger partial charge in [0.25, 0.3) is 0 Å². The number of benzene rings is 2. The zero-order chi connectivity index (χ0) is 25.9. The predicted octanol–water partition coefficient (Wildman–Crippen LogP) is 6.01. The third-order valence-electron chi connectivity index (χ3n) is 5.77. The molecule has 0 aliphatic carbocycles. The number of aryl methyl sites for hydroxylation is 2. The number of hydrogen-bond donors (Lipinski definition) is 2. The highest BCUT2D eigenvalue weighted by molar-refractivity contribution is 5.90. The fourth-order valence-electron chi connectivity index (χ4n) is 3.98. The van der Waals surface area contributed by atoms with Crippen molar-refractivity contribution in [3.05, 3.63) is 47.0 Å². The molecule has 1 fully saturated rings. The minimum atomic E-state index is -0.545. The van der Waals surface area contributed by atoms with E-state index in [0.29, 0.717) is 37.6 Å². The van der Waals surface area contributed by atoms with Crippen molar-refractivity contribution in [2.75, 3.05) is 31.5 Å². The van der Waals surface area contributed by atoms with E-state index in [1.165, 1.54) is 0 Å². The molecule has 1 aliphatic heterocycles. The molecule has 8 heteroatoms. The summed E-state index contributed by atoms with van der Waals surface area (Å²) in [6.07, 6.45) is -0.353. The number of rotatable bonds is 4. The lowest BCUT2D eigenvalue weighted by Gasteiger charge is -2.35. The number of carbonyl (C=O) groups excluding carboxylic acids is 2. The smallest absolute Gasteiger partial charge is 0.410 e. The first-order valence-corrected chi connectivity index (χ1v) is 12.0. The summed E-state index contributed by atoms with van der Waals surface area (Å²) in [5.41, 5.74) is 2.73. The lowest BCUT2D eigenvalue weighted by atomic mass is 10.0. The summed E-state index contributed by atoms with van der Waals surface area (Å²) in [4.78, 5) is 28.4. The Morgan fingerprint density at radius 1 is 0.971 bits per heavy atom. The van der Waals surface area contributed by atoms with Gasteiger partial charge in [-0.2, -0.15) is 0 Å². The van der Waals surface area contributed by atoms with E-state index in [0.717, 1.165) is 22.4 Å². The van der Waals surface area contributed by atoms with E-state index < -0.39 is 5.60 Å². The van der Waals surface area contributed by atoms with Crippen molar-refractivity contribution < 1.29 is 24.2 Å². The van der Waals surface area contributed by atoms with E-state index in [2.05, 4.69) is 5.32 Å². The molecule has 0 bridgehead atoms. The van der Waals surface area contributed by atoms with Gasteiger partial charge in [-0.15, -0.1) is 0 Å². The molecule has 3 amide bonds. The number of phenolic OH excluding ortho intramolecular Hbond substituents is 1. The van der Waals surface area contributed by atoms with Gasteiger partial charge in [-0.05, 0) is 82.0 Å². The van der Waals surface area contributed by atoms with Gasteiger partial charge in [0, 0.05) is 37.4 Å². The molecule has 0 atom stereocenters. The van der Waals surface area contributed by atoms with Crippen molar-refractivity contribution in [1.82, 2.24) is 9.80 Å². The summed E-state index contributed by atoms with van der Waals surface area (Å²) in [6.45, 7) is 15.1. The average molecular weight is 484 g/mol. The first-order chi connectivity index (χ1) is 16.3. The maximum Gasteiger partial charge on any atom is 0.410 e. The molecular weight excluding hydrogens is 446 g/mol. The normalized spacial score (nSPS) is 14.2. The number of anilines is 1. The highest BCUT2D eigenvalue weighted by Crippen LogP contribution is 2.35. The maximum atomic E-state index is 12.8. The van der Waals surface area contributed by atoms with E-state index in [1.54, 1.807) is 21.9 Å². The fraction of sp³-hybridized carbons (Fsp3) is 0.481. The van der Waals surface area contributed by atoms with Crippen molar-refractivity contribution >= 4 is 17.8 Å². The number of ether oxygens (including phenoxy) is 2. The van der Waals surface area contributed by atoms with Crippen LogP contribution in [-0.2, 0) is 4.74 Å². The predicted molar refractivity (Wildman–Crippen MR) is 137 cm³/mol. The minimum absolute atomic E-state index is 0.171. The van der Waals surface area contributed by atoms with Gasteiger partial charge in [0.15, 0.2) is 0 Å². The molecule has 0 saturated carbocycles. The van der Waals surface area contributed by atoms with Crippen LogP contribution in [0, 0.1) is 13.8 Å². The van der Waals surface area contributed by atoms with Crippen LogP contribution < -0.4 is 10.1 Å². The van der Waals surface area contributed by atoms with E-state index in [-0.39, 0.29) is 23.8 Å². The summed E-state index contributed by atoms with van der Waals surface area (Å²) in [5, 5.41) is 13.0. The summed E-state index contributed by atoms with van der Waals surface area (Å²) >= 11 is 0. The van der Waals surface area contributed by atoms with Gasteiger partial charge in [0.2, 0.25) is 0 Å². The Balaban J connectivity index is 1.63. The first kappa shape index (κ1) is 26.2. The summed E-state index contributed by atoms with van der Waals surface area (Å²) < 4.78 is 11.6. The highest BCUT2D eigenvalue weighted by Gasteiger charge is 2.27. The maximum absolute atomic E-state index is 12.8. The third kappa shape index (κ3) is 6.81. The van der Waals surface area contributed by atoms with E-state index in [4.69, 9.17) is 9.47 Å². The molecule has 2 N–H and O–H groups in total. The van der Waals surface area contributed by atoms with Crippen LogP contribution in [0.4, 0.5) is 15.3 Å². The quantitative estimate of drug-likeness (QED) is 0.556. The highest BCUT2D eigenvalue weighted by atomic mass is 16.6. The molecule has 190 valence electrons. The molecule has 2 aromatic rings. The minimum Gasteiger partial charge on any atom is -0.508 e. The zero-order valence-electron chi connectivity index (χ0n) is 21.8. The number of phenols is 1. The Hall–Kier alpha value is -3.42. The van der Waals surface area contributed by atoms with Crippen molar-refractivity contribution in [3.63, 3.8) is 0 Å². The lowest BCUT2D eigenvalue weighted by molar-refractivity contribution is 0.0174. The molecule has 0 unspecified atom stereocenters. The van der Waals surface area contributed by atoms with Crippen LogP contribution in [0.1, 0.15) is 57.2 Å². The molecule has 1 aliphatic rings. The van der Waals surface area contributed by atoms with Crippen LogP contribution in [0.25, 0.3) is 0 Å². The van der Waals surface area contributed by atoms with Crippen LogP contribution in [0.15, 0.2) is 30.3 Å². The second-order valence-corrected chi connectivity index (χ2v) is 10.3. The monoisotopic (exact) mass is 483 g/mol. The van der Waals surface area contributed by atoms with E-state index >= 15 is 0 Å². The first-order valence-electron chi connectivity index (χ1n) is 12.0. The van der Waals surface area contributed by atoms with Crippen LogP contribution in [0.2, 0.25) is 0 Å². The second kappa shape index (κ2) is 10.5. The van der Waals surface area contributed by atoms with Gasteiger partial charge in [-0.1, -0.05) is 13.8 Å². The number of piperazine rings is 1. The molecular formula is C27H37N3O5. The van der Waals surface area contributed by atoms with Gasteiger partial charge in [-0.25, -0.2) is 9.59 Å². The molecule has 8 nitrogen and oxygen atoms in total. The van der Waals surface area contributed by atoms with E-state index in [9.17, 15) is 14.7 Å².